The number of amides is 1. The number of nitrogens with one attached hydrogen (secondary N) is 1. The Morgan fingerprint density at radius 2 is 1.38 bits per heavy atom. The number of rotatable bonds is 8. The fourth-order valence-corrected chi connectivity index (χ4v) is 10.5. The normalized spacial score (nSPS) is 40.9. The van der Waals surface area contributed by atoms with E-state index in [2.05, 4.69) is 25.8 Å². The summed E-state index contributed by atoms with van der Waals surface area (Å²) in [6.07, 6.45) is 7.24. The number of fused-ring (bicyclic) bond motifs is 1. The molecule has 5 N–H and O–H groups in total. The average Bonchev–Trinajstić information content (AvgIpc) is 3.00. The second-order valence-corrected chi connectivity index (χ2v) is 17.9. The summed E-state index contributed by atoms with van der Waals surface area (Å²) in [7, 11) is -8.62. The van der Waals surface area contributed by atoms with Gasteiger partial charge < -0.3 is 15.5 Å². The van der Waals surface area contributed by atoms with Crippen molar-refractivity contribution in [2.24, 2.45) is 44.1 Å². The maximum absolute atomic E-state index is 12.8. The summed E-state index contributed by atoms with van der Waals surface area (Å²) in [5.74, 6) is -0.382. The summed E-state index contributed by atoms with van der Waals surface area (Å²) in [5.41, 5.74) is 0. The topological polar surface area (TPSA) is 228 Å². The van der Waals surface area contributed by atoms with Crippen molar-refractivity contribution < 1.29 is 58.0 Å². The first kappa shape index (κ1) is 38.7. The average molecular weight is 753 g/mol. The molecule has 47 heavy (non-hydrogen) atoms. The first-order valence-electron chi connectivity index (χ1n) is 17.1. The first-order valence-corrected chi connectivity index (χ1v) is 20.1. The van der Waals surface area contributed by atoms with Crippen LogP contribution in [0.25, 0.3) is 0 Å². The van der Waals surface area contributed by atoms with Crippen LogP contribution in [-0.4, -0.2) is 95.0 Å². The van der Waals surface area contributed by atoms with E-state index in [1.54, 1.807) is 0 Å². The van der Waals surface area contributed by atoms with Gasteiger partial charge in [-0.25, -0.2) is 0 Å². The van der Waals surface area contributed by atoms with E-state index in [1.807, 2.05) is 6.92 Å². The molecule has 0 saturated heterocycles. The summed E-state index contributed by atoms with van der Waals surface area (Å²) in [6, 6.07) is -2.32. The van der Waals surface area contributed by atoms with Crippen LogP contribution in [0.5, 0.6) is 0 Å². The van der Waals surface area contributed by atoms with Gasteiger partial charge in [0.15, 0.2) is 0 Å². The number of hydrogen-bond acceptors (Lipinski definition) is 11. The third-order valence-corrected chi connectivity index (χ3v) is 14.0. The van der Waals surface area contributed by atoms with Crippen LogP contribution in [0, 0.1) is 23.7 Å². The maximum Gasteiger partial charge on any atom is 0.270 e. The second kappa shape index (κ2) is 16.3. The van der Waals surface area contributed by atoms with Gasteiger partial charge in [-0.1, -0.05) is 26.2 Å². The van der Waals surface area contributed by atoms with Crippen molar-refractivity contribution >= 4 is 26.1 Å². The predicted molar refractivity (Wildman–Crippen MR) is 168 cm³/mol. The van der Waals surface area contributed by atoms with Crippen molar-refractivity contribution in [2.75, 3.05) is 0 Å². The zero-order chi connectivity index (χ0) is 33.2. The Hall–Kier alpha value is -1.07. The molecule has 10 unspecified atom stereocenters. The van der Waals surface area contributed by atoms with Crippen molar-refractivity contribution in [3.05, 3.63) is 0 Å². The zero-order valence-electron chi connectivity index (χ0n) is 26.8. The first-order chi connectivity index (χ1) is 21.7. The number of hydrogen-bond donors (Lipinski definition) is 5. The summed E-state index contributed by atoms with van der Waals surface area (Å²) >= 11 is 0. The predicted octanol–water partition coefficient (Wildman–Crippen LogP) is 3.49. The molecule has 0 aromatic carbocycles. The molecule has 0 spiro atoms. The molecule has 10 atom stereocenters. The Balaban J connectivity index is 0.00000500. The molecule has 0 heterocycles. The monoisotopic (exact) mass is 752 g/mol. The van der Waals surface area contributed by atoms with E-state index in [1.165, 1.54) is 0 Å². The maximum atomic E-state index is 12.8. The fraction of sp³-hybridized carbons (Fsp3) is 0.967. The molecule has 0 aromatic rings. The van der Waals surface area contributed by atoms with Crippen LogP contribution in [0.3, 0.4) is 0 Å². The Kier molecular flexibility index (Phi) is 13.4. The molecule has 0 aromatic heterocycles. The van der Waals surface area contributed by atoms with Crippen molar-refractivity contribution in [1.82, 2.24) is 5.32 Å². The number of aliphatic hydroxyl groups is 2. The van der Waals surface area contributed by atoms with E-state index in [0.29, 0.717) is 51.4 Å². The van der Waals surface area contributed by atoms with E-state index < -0.39 is 55.0 Å². The molecule has 5 rings (SSSR count). The van der Waals surface area contributed by atoms with Crippen LogP contribution < -0.4 is 5.32 Å². The number of nitrogens with zero attached hydrogens (tertiary/aromatic N) is 4. The molecular formula is C30H51CuN5O9S2. The zero-order valence-corrected chi connectivity index (χ0v) is 29.4. The molecular weight excluding hydrogens is 702 g/mol. The van der Waals surface area contributed by atoms with Gasteiger partial charge in [0.05, 0.1) is 35.6 Å². The van der Waals surface area contributed by atoms with Crippen LogP contribution in [0.2, 0.25) is 0 Å². The number of azo groups is 2. The minimum atomic E-state index is -4.57. The van der Waals surface area contributed by atoms with Crippen molar-refractivity contribution in [3.8, 4) is 0 Å². The molecule has 17 heteroatoms. The van der Waals surface area contributed by atoms with Gasteiger partial charge in [0.2, 0.25) is 5.91 Å². The van der Waals surface area contributed by atoms with E-state index in [0.717, 1.165) is 32.1 Å². The van der Waals surface area contributed by atoms with Gasteiger partial charge in [0.1, 0.15) is 11.3 Å². The van der Waals surface area contributed by atoms with Crippen LogP contribution >= 0.6 is 0 Å². The number of carbonyl (C=O) groups is 1. The SMILES string of the molecule is CC1CC(N=NC2C(O)C3CCC(NC(=O)C4CCCCC4)CC3CC2S(=O)(=O)O)C(O)CC1N=NC1CCC(S(=O)(=O)O)CC1.[Cu]. The standard InChI is InChI=1S/C30H51N5O9S2.Cu/c1-17-13-25(26(36)16-24(17)33-32-20-7-10-22(11-8-20)45(39,40)41)34-35-28-27(46(42,43)44)15-19-14-21(9-12-23(19)29(28)37)31-30(38)18-5-3-2-4-6-18;/h17-29,36-37H,2-16H2,1H3,(H,31,38)(H,39,40,41)(H,42,43,44);. The summed E-state index contributed by atoms with van der Waals surface area (Å²) in [4.78, 5) is 12.8. The molecule has 0 aliphatic heterocycles. The Labute approximate surface area is 288 Å². The van der Waals surface area contributed by atoms with Crippen molar-refractivity contribution in [1.29, 1.82) is 0 Å². The molecule has 1 radical (unpaired) electrons. The Bertz CT molecular complexity index is 1340. The van der Waals surface area contributed by atoms with E-state index in [9.17, 15) is 40.9 Å². The second-order valence-electron chi connectivity index (χ2n) is 14.6. The fourth-order valence-electron chi connectivity index (χ4n) is 8.59. The van der Waals surface area contributed by atoms with Gasteiger partial charge in [-0.05, 0) is 94.8 Å². The van der Waals surface area contributed by atoms with Crippen LogP contribution in [-0.2, 0) is 42.1 Å². The third-order valence-electron chi connectivity index (χ3n) is 11.4. The quantitative estimate of drug-likeness (QED) is 0.139. The molecule has 273 valence electrons. The summed E-state index contributed by atoms with van der Waals surface area (Å²) in [5, 5.41) is 40.9. The molecule has 5 aliphatic rings. The minimum Gasteiger partial charge on any atom is -0.391 e. The molecule has 0 bridgehead atoms. The molecule has 5 fully saturated rings. The van der Waals surface area contributed by atoms with Crippen LogP contribution in [0.15, 0.2) is 20.5 Å². The third kappa shape index (κ3) is 9.80. The van der Waals surface area contributed by atoms with Gasteiger partial charge in [-0.15, -0.1) is 0 Å². The smallest absolute Gasteiger partial charge is 0.270 e. The largest absolute Gasteiger partial charge is 0.391 e. The Morgan fingerprint density at radius 1 is 0.723 bits per heavy atom. The minimum absolute atomic E-state index is 0. The van der Waals surface area contributed by atoms with Gasteiger partial charge in [0, 0.05) is 29.0 Å². The van der Waals surface area contributed by atoms with Gasteiger partial charge in [0.25, 0.3) is 20.2 Å². The van der Waals surface area contributed by atoms with Crippen LogP contribution in [0.1, 0.15) is 103 Å². The van der Waals surface area contributed by atoms with Gasteiger partial charge >= 0.3 is 0 Å². The number of aliphatic hydroxyl groups excluding tert-OH is 2. The van der Waals surface area contributed by atoms with Crippen molar-refractivity contribution in [2.45, 2.75) is 156 Å². The summed E-state index contributed by atoms with van der Waals surface area (Å²) < 4.78 is 67.3. The molecule has 14 nitrogen and oxygen atoms in total. The molecule has 5 saturated carbocycles. The van der Waals surface area contributed by atoms with Crippen molar-refractivity contribution in [3.63, 3.8) is 0 Å². The van der Waals surface area contributed by atoms with E-state index >= 15 is 0 Å². The van der Waals surface area contributed by atoms with Gasteiger partial charge in [-0.3, -0.25) is 13.9 Å². The molecule has 1 amide bonds. The van der Waals surface area contributed by atoms with E-state index in [4.69, 9.17) is 0 Å². The molecule has 5 aliphatic carbocycles. The Morgan fingerprint density at radius 3 is 2.02 bits per heavy atom. The van der Waals surface area contributed by atoms with E-state index in [-0.39, 0.29) is 77.6 Å². The number of carbonyl (C=O) groups excluding carboxylic acids is 1. The van der Waals surface area contributed by atoms with Crippen LogP contribution in [0.4, 0.5) is 0 Å². The summed E-state index contributed by atoms with van der Waals surface area (Å²) in [6.45, 7) is 1.96. The van der Waals surface area contributed by atoms with Gasteiger partial charge in [-0.2, -0.15) is 37.3 Å².